The molecule has 0 aromatic heterocycles. The van der Waals surface area contributed by atoms with Crippen molar-refractivity contribution in [1.29, 1.82) is 0 Å². The highest BCUT2D eigenvalue weighted by Gasteiger charge is 2.56. The van der Waals surface area contributed by atoms with E-state index in [0.717, 1.165) is 6.42 Å². The van der Waals surface area contributed by atoms with Gasteiger partial charge in [-0.3, -0.25) is 0 Å². The van der Waals surface area contributed by atoms with Gasteiger partial charge in [0.2, 0.25) is 0 Å². The number of hydrogen-bond donors (Lipinski definition) is 0. The predicted octanol–water partition coefficient (Wildman–Crippen LogP) is 3.27. The minimum absolute atomic E-state index is 0.111. The Morgan fingerprint density at radius 1 is 1.27 bits per heavy atom. The molecule has 0 saturated carbocycles. The number of hydrogen-bond acceptors (Lipinski definition) is 4. The molecule has 2 heterocycles. The fourth-order valence-corrected chi connectivity index (χ4v) is 3.08. The van der Waals surface area contributed by atoms with Crippen LogP contribution < -0.4 is 0 Å². The molecule has 4 heteroatoms. The zero-order valence-electron chi connectivity index (χ0n) is 13.3. The van der Waals surface area contributed by atoms with E-state index in [1.54, 1.807) is 0 Å². The highest BCUT2D eigenvalue weighted by molar-refractivity contribution is 5.13. The molecule has 0 N–H and O–H groups in total. The molecule has 120 valence electrons. The van der Waals surface area contributed by atoms with Crippen molar-refractivity contribution in [3.05, 3.63) is 48.6 Å². The van der Waals surface area contributed by atoms with Crippen molar-refractivity contribution in [2.45, 2.75) is 45.1 Å². The average molecular weight is 304 g/mol. The van der Waals surface area contributed by atoms with E-state index in [9.17, 15) is 0 Å². The van der Waals surface area contributed by atoms with E-state index in [-0.39, 0.29) is 17.8 Å². The quantitative estimate of drug-likeness (QED) is 0.597. The average Bonchev–Trinajstić information content (AvgIpc) is 2.99. The van der Waals surface area contributed by atoms with Gasteiger partial charge in [-0.15, -0.1) is 6.58 Å². The predicted molar refractivity (Wildman–Crippen MR) is 83.1 cm³/mol. The van der Waals surface area contributed by atoms with Crippen LogP contribution in [0.4, 0.5) is 0 Å². The van der Waals surface area contributed by atoms with E-state index >= 15 is 0 Å². The molecule has 2 saturated heterocycles. The molecule has 1 aromatic carbocycles. The van der Waals surface area contributed by atoms with Crippen molar-refractivity contribution in [2.75, 3.05) is 13.2 Å². The molecule has 0 radical (unpaired) electrons. The molecule has 0 amide bonds. The van der Waals surface area contributed by atoms with Crippen LogP contribution in [0, 0.1) is 5.41 Å². The summed E-state index contributed by atoms with van der Waals surface area (Å²) in [7, 11) is 0. The first-order valence-electron chi connectivity index (χ1n) is 7.77. The molecule has 22 heavy (non-hydrogen) atoms. The maximum Gasteiger partial charge on any atom is 0.188 e. The van der Waals surface area contributed by atoms with Gasteiger partial charge in [0.25, 0.3) is 0 Å². The summed E-state index contributed by atoms with van der Waals surface area (Å²) in [5.74, 6) is -0.602. The maximum absolute atomic E-state index is 6.02. The Kier molecular flexibility index (Phi) is 4.37. The molecule has 4 nitrogen and oxygen atoms in total. The lowest BCUT2D eigenvalue weighted by Gasteiger charge is -2.30. The van der Waals surface area contributed by atoms with Gasteiger partial charge in [0.05, 0.1) is 13.2 Å². The molecular formula is C18H24O4. The summed E-state index contributed by atoms with van der Waals surface area (Å²) >= 11 is 0. The van der Waals surface area contributed by atoms with Gasteiger partial charge in [-0.05, 0) is 25.8 Å². The molecular weight excluding hydrogens is 280 g/mol. The van der Waals surface area contributed by atoms with Crippen molar-refractivity contribution >= 4 is 0 Å². The lowest BCUT2D eigenvalue weighted by Crippen LogP contribution is -2.37. The number of benzene rings is 1. The zero-order valence-corrected chi connectivity index (χ0v) is 13.3. The highest BCUT2D eigenvalue weighted by Crippen LogP contribution is 2.47. The third-order valence-electron chi connectivity index (χ3n) is 4.37. The van der Waals surface area contributed by atoms with Gasteiger partial charge in [-0.25, -0.2) is 0 Å². The summed E-state index contributed by atoms with van der Waals surface area (Å²) < 4.78 is 23.4. The van der Waals surface area contributed by atoms with E-state index in [0.29, 0.717) is 19.8 Å². The summed E-state index contributed by atoms with van der Waals surface area (Å²) in [5, 5.41) is 0. The first-order chi connectivity index (χ1) is 10.5. The van der Waals surface area contributed by atoms with Crippen LogP contribution in [0.5, 0.6) is 0 Å². The summed E-state index contributed by atoms with van der Waals surface area (Å²) in [4.78, 5) is 0. The number of fused-ring (bicyclic) bond motifs is 1. The van der Waals surface area contributed by atoms with Crippen LogP contribution in [0.1, 0.15) is 25.8 Å². The van der Waals surface area contributed by atoms with E-state index in [4.69, 9.17) is 18.9 Å². The van der Waals surface area contributed by atoms with Crippen LogP contribution in [0.25, 0.3) is 0 Å². The van der Waals surface area contributed by atoms with E-state index in [2.05, 4.69) is 18.7 Å². The van der Waals surface area contributed by atoms with Gasteiger partial charge in [0.1, 0.15) is 6.10 Å². The summed E-state index contributed by atoms with van der Waals surface area (Å²) in [5.41, 5.74) is 0.937. The number of rotatable bonds is 6. The molecule has 1 aromatic rings. The number of ether oxygens (including phenoxy) is 4. The van der Waals surface area contributed by atoms with Crippen molar-refractivity contribution < 1.29 is 18.9 Å². The van der Waals surface area contributed by atoms with Gasteiger partial charge in [-0.2, -0.15) is 0 Å². The van der Waals surface area contributed by atoms with Crippen LogP contribution >= 0.6 is 0 Å². The highest BCUT2D eigenvalue weighted by atomic mass is 16.8. The van der Waals surface area contributed by atoms with E-state index < -0.39 is 5.79 Å². The summed E-state index contributed by atoms with van der Waals surface area (Å²) in [6.07, 6.45) is 2.33. The van der Waals surface area contributed by atoms with Crippen LogP contribution in [0.15, 0.2) is 43.0 Å². The van der Waals surface area contributed by atoms with Crippen molar-refractivity contribution in [2.24, 2.45) is 5.41 Å². The molecule has 2 fully saturated rings. The standard InChI is InChI=1S/C18H24O4/c1-4-18(10-11-19-12-14-8-6-5-7-9-14)13-20-16-15(18)21-17(2,3)22-16/h4-9,15-16H,1,10-13H2,2-3H3/t15-,16+,18-/m0/s1. The third-order valence-corrected chi connectivity index (χ3v) is 4.37. The lowest BCUT2D eigenvalue weighted by atomic mass is 9.81. The molecule has 0 aliphatic carbocycles. The normalized spacial score (nSPS) is 32.8. The van der Waals surface area contributed by atoms with Gasteiger partial charge in [0.15, 0.2) is 12.1 Å². The van der Waals surface area contributed by atoms with Crippen molar-refractivity contribution in [3.63, 3.8) is 0 Å². The van der Waals surface area contributed by atoms with Gasteiger partial charge in [-0.1, -0.05) is 36.4 Å². The fraction of sp³-hybridized carbons (Fsp3) is 0.556. The van der Waals surface area contributed by atoms with Crippen LogP contribution in [0.2, 0.25) is 0 Å². The molecule has 2 aliphatic rings. The van der Waals surface area contributed by atoms with Crippen molar-refractivity contribution in [1.82, 2.24) is 0 Å². The van der Waals surface area contributed by atoms with Crippen LogP contribution in [-0.2, 0) is 25.6 Å². The van der Waals surface area contributed by atoms with Gasteiger partial charge < -0.3 is 18.9 Å². The minimum Gasteiger partial charge on any atom is -0.377 e. The van der Waals surface area contributed by atoms with E-state index in [1.165, 1.54) is 5.56 Å². The Labute approximate surface area is 132 Å². The van der Waals surface area contributed by atoms with Gasteiger partial charge in [0, 0.05) is 12.0 Å². The molecule has 3 atom stereocenters. The molecule has 3 rings (SSSR count). The Bertz CT molecular complexity index is 513. The summed E-state index contributed by atoms with van der Waals surface area (Å²) in [6, 6.07) is 10.2. The molecule has 0 spiro atoms. The Balaban J connectivity index is 1.55. The third kappa shape index (κ3) is 3.10. The molecule has 0 bridgehead atoms. The van der Waals surface area contributed by atoms with Crippen LogP contribution in [0.3, 0.4) is 0 Å². The topological polar surface area (TPSA) is 36.9 Å². The molecule has 2 aliphatic heterocycles. The molecule has 0 unspecified atom stereocenters. The monoisotopic (exact) mass is 304 g/mol. The second kappa shape index (κ2) is 6.13. The Hall–Kier alpha value is -1.20. The fourth-order valence-electron chi connectivity index (χ4n) is 3.08. The first kappa shape index (κ1) is 15.7. The Morgan fingerprint density at radius 3 is 2.77 bits per heavy atom. The smallest absolute Gasteiger partial charge is 0.188 e. The second-order valence-electron chi connectivity index (χ2n) is 6.46. The largest absolute Gasteiger partial charge is 0.377 e. The maximum atomic E-state index is 6.02. The Morgan fingerprint density at radius 2 is 2.05 bits per heavy atom. The minimum atomic E-state index is -0.602. The second-order valence-corrected chi connectivity index (χ2v) is 6.46. The van der Waals surface area contributed by atoms with Crippen LogP contribution in [-0.4, -0.2) is 31.4 Å². The SMILES string of the molecule is C=C[C@]1(CCOCc2ccccc2)CO[C@@H]2OC(C)(C)O[C@@H]21. The van der Waals surface area contributed by atoms with E-state index in [1.807, 2.05) is 38.1 Å². The van der Waals surface area contributed by atoms with Crippen molar-refractivity contribution in [3.8, 4) is 0 Å². The summed E-state index contributed by atoms with van der Waals surface area (Å²) in [6.45, 7) is 9.63. The zero-order chi connectivity index (χ0) is 15.6. The first-order valence-corrected chi connectivity index (χ1v) is 7.77. The van der Waals surface area contributed by atoms with Gasteiger partial charge >= 0.3 is 0 Å². The lowest BCUT2D eigenvalue weighted by molar-refractivity contribution is -0.201.